The van der Waals surface area contributed by atoms with Crippen LogP contribution in [0.15, 0.2) is 58.6 Å². The molecule has 0 saturated carbocycles. The molecule has 1 aliphatic rings. The van der Waals surface area contributed by atoms with E-state index in [1.807, 2.05) is 43.3 Å². The molecule has 5 nitrogen and oxygen atoms in total. The molecule has 1 amide bonds. The number of aliphatic hydroxyl groups excluding tert-OH is 1. The fourth-order valence-corrected chi connectivity index (χ4v) is 3.97. The molecule has 6 heteroatoms. The molecule has 0 bridgehead atoms. The molecule has 2 aromatic rings. The summed E-state index contributed by atoms with van der Waals surface area (Å²) in [7, 11) is 3.92. The van der Waals surface area contributed by atoms with Crippen LogP contribution in [0.5, 0.6) is 0 Å². The molecule has 1 N–H and O–H groups in total. The van der Waals surface area contributed by atoms with Crippen LogP contribution >= 0.6 is 15.9 Å². The van der Waals surface area contributed by atoms with Crippen molar-refractivity contribution in [2.75, 3.05) is 25.5 Å². The fourth-order valence-electron chi connectivity index (χ4n) is 3.71. The maximum atomic E-state index is 13.0. The van der Waals surface area contributed by atoms with Gasteiger partial charge in [-0.2, -0.15) is 0 Å². The van der Waals surface area contributed by atoms with Gasteiger partial charge in [0.15, 0.2) is 0 Å². The number of rotatable bonds is 7. The van der Waals surface area contributed by atoms with Crippen LogP contribution in [0.25, 0.3) is 5.76 Å². The van der Waals surface area contributed by atoms with Crippen LogP contribution in [0, 0.1) is 0 Å². The Kier molecular flexibility index (Phi) is 6.98. The Hall–Kier alpha value is -2.60. The zero-order chi connectivity index (χ0) is 21.8. The Balaban J connectivity index is 2.10. The minimum Gasteiger partial charge on any atom is -0.507 e. The quantitative estimate of drug-likeness (QED) is 0.263. The van der Waals surface area contributed by atoms with E-state index in [1.54, 1.807) is 29.2 Å². The van der Waals surface area contributed by atoms with Crippen LogP contribution in [0.4, 0.5) is 5.69 Å². The summed E-state index contributed by atoms with van der Waals surface area (Å²) in [6.07, 6.45) is 2.81. The van der Waals surface area contributed by atoms with Crippen molar-refractivity contribution >= 4 is 39.1 Å². The van der Waals surface area contributed by atoms with Gasteiger partial charge < -0.3 is 14.9 Å². The van der Waals surface area contributed by atoms with Gasteiger partial charge in [0.2, 0.25) is 0 Å². The highest BCUT2D eigenvalue weighted by Crippen LogP contribution is 2.40. The van der Waals surface area contributed by atoms with E-state index in [0.29, 0.717) is 12.1 Å². The summed E-state index contributed by atoms with van der Waals surface area (Å²) < 4.78 is 0.870. The van der Waals surface area contributed by atoms with Crippen LogP contribution < -0.4 is 4.90 Å². The van der Waals surface area contributed by atoms with Gasteiger partial charge in [0, 0.05) is 36.4 Å². The van der Waals surface area contributed by atoms with Crippen molar-refractivity contribution in [3.63, 3.8) is 0 Å². The number of hydrogen-bond acceptors (Lipinski definition) is 4. The van der Waals surface area contributed by atoms with Crippen molar-refractivity contribution in [3.8, 4) is 0 Å². The van der Waals surface area contributed by atoms with Crippen molar-refractivity contribution in [2.24, 2.45) is 0 Å². The lowest BCUT2D eigenvalue weighted by molar-refractivity contribution is -0.139. The number of Topliss-reactive ketones (excluding diaryl/α,β-unsaturated/α-hetero) is 1. The van der Waals surface area contributed by atoms with Gasteiger partial charge in [-0.05, 0) is 36.2 Å². The van der Waals surface area contributed by atoms with Crippen LogP contribution in [-0.2, 0) is 9.59 Å². The average Bonchev–Trinajstić information content (AvgIpc) is 2.99. The third-order valence-electron chi connectivity index (χ3n) is 5.39. The van der Waals surface area contributed by atoms with Gasteiger partial charge in [0.05, 0.1) is 11.6 Å². The molecule has 1 atom stereocenters. The Morgan fingerprint density at radius 2 is 1.67 bits per heavy atom. The predicted octanol–water partition coefficient (Wildman–Crippen LogP) is 5.13. The Morgan fingerprint density at radius 1 is 1.03 bits per heavy atom. The average molecular weight is 471 g/mol. The number of likely N-dealkylation sites (tertiary alicyclic amines) is 1. The third-order valence-corrected chi connectivity index (χ3v) is 5.91. The first kappa shape index (κ1) is 22.1. The number of ketones is 1. The number of carbonyl (C=O) groups is 2. The second-order valence-corrected chi connectivity index (χ2v) is 8.61. The van der Waals surface area contributed by atoms with Gasteiger partial charge in [0.25, 0.3) is 11.7 Å². The highest BCUT2D eigenvalue weighted by molar-refractivity contribution is 9.10. The molecule has 0 aliphatic carbocycles. The largest absolute Gasteiger partial charge is 0.507 e. The summed E-state index contributed by atoms with van der Waals surface area (Å²) in [6, 6.07) is 14.2. The molecule has 1 heterocycles. The number of anilines is 1. The molecule has 1 aliphatic heterocycles. The standard InChI is InChI=1S/C24H27BrN2O3/c1-4-5-6-15-27-21(16-9-13-19(14-10-16)26(2)3)20(23(29)24(27)30)22(28)17-7-11-18(25)12-8-17/h7-14,21,28H,4-6,15H2,1-3H3/b22-20-. The molecule has 3 rings (SSSR count). The normalized spacial score (nSPS) is 18.1. The van der Waals surface area contributed by atoms with E-state index in [-0.39, 0.29) is 11.3 Å². The molecule has 30 heavy (non-hydrogen) atoms. The second kappa shape index (κ2) is 9.47. The number of halogens is 1. The van der Waals surface area contributed by atoms with Crippen LogP contribution in [0.2, 0.25) is 0 Å². The summed E-state index contributed by atoms with van der Waals surface area (Å²) in [5.41, 5.74) is 2.50. The van der Waals surface area contributed by atoms with Gasteiger partial charge in [-0.25, -0.2) is 0 Å². The molecular formula is C24H27BrN2O3. The fraction of sp³-hybridized carbons (Fsp3) is 0.333. The smallest absolute Gasteiger partial charge is 0.295 e. The Morgan fingerprint density at radius 3 is 2.23 bits per heavy atom. The van der Waals surface area contributed by atoms with Crippen LogP contribution in [0.1, 0.15) is 43.4 Å². The van der Waals surface area contributed by atoms with E-state index >= 15 is 0 Å². The van der Waals surface area contributed by atoms with Gasteiger partial charge in [-0.15, -0.1) is 0 Å². The molecule has 0 spiro atoms. The molecule has 1 saturated heterocycles. The third kappa shape index (κ3) is 4.43. The zero-order valence-electron chi connectivity index (χ0n) is 17.6. The number of nitrogens with zero attached hydrogens (tertiary/aromatic N) is 2. The lowest BCUT2D eigenvalue weighted by atomic mass is 9.95. The van der Waals surface area contributed by atoms with E-state index in [4.69, 9.17) is 0 Å². The SMILES string of the molecule is CCCCCN1C(=O)C(=O)/C(=C(\O)c2ccc(Br)cc2)C1c1ccc(N(C)C)cc1. The summed E-state index contributed by atoms with van der Waals surface area (Å²) in [5, 5.41) is 11.0. The highest BCUT2D eigenvalue weighted by atomic mass is 79.9. The molecule has 2 aromatic carbocycles. The predicted molar refractivity (Wildman–Crippen MR) is 123 cm³/mol. The highest BCUT2D eigenvalue weighted by Gasteiger charge is 2.45. The number of amides is 1. The number of hydrogen-bond donors (Lipinski definition) is 1. The maximum Gasteiger partial charge on any atom is 0.295 e. The number of unbranched alkanes of at least 4 members (excludes halogenated alkanes) is 2. The van der Waals surface area contributed by atoms with Crippen molar-refractivity contribution in [1.82, 2.24) is 4.90 Å². The van der Waals surface area contributed by atoms with Gasteiger partial charge in [-0.3, -0.25) is 9.59 Å². The van der Waals surface area contributed by atoms with E-state index in [9.17, 15) is 14.7 Å². The maximum absolute atomic E-state index is 13.0. The van der Waals surface area contributed by atoms with E-state index in [0.717, 1.165) is 35.0 Å². The van der Waals surface area contributed by atoms with Crippen molar-refractivity contribution in [1.29, 1.82) is 0 Å². The Bertz CT molecular complexity index is 949. The van der Waals surface area contributed by atoms with E-state index in [1.165, 1.54) is 0 Å². The number of aliphatic hydroxyl groups is 1. The monoisotopic (exact) mass is 470 g/mol. The van der Waals surface area contributed by atoms with Crippen LogP contribution in [0.3, 0.4) is 0 Å². The zero-order valence-corrected chi connectivity index (χ0v) is 19.1. The molecule has 1 fully saturated rings. The Labute approximate surface area is 186 Å². The summed E-state index contributed by atoms with van der Waals surface area (Å²) >= 11 is 3.38. The summed E-state index contributed by atoms with van der Waals surface area (Å²) in [5.74, 6) is -1.32. The van der Waals surface area contributed by atoms with Crippen molar-refractivity contribution in [2.45, 2.75) is 32.2 Å². The molecule has 1 unspecified atom stereocenters. The summed E-state index contributed by atoms with van der Waals surface area (Å²) in [4.78, 5) is 29.4. The number of carbonyl (C=O) groups excluding carboxylic acids is 2. The van der Waals surface area contributed by atoms with Gasteiger partial charge in [-0.1, -0.05) is 60.0 Å². The first-order valence-electron chi connectivity index (χ1n) is 10.2. The van der Waals surface area contributed by atoms with Gasteiger partial charge >= 0.3 is 0 Å². The van der Waals surface area contributed by atoms with Gasteiger partial charge in [0.1, 0.15) is 5.76 Å². The van der Waals surface area contributed by atoms with E-state index < -0.39 is 17.7 Å². The minimum atomic E-state index is -0.631. The van der Waals surface area contributed by atoms with E-state index in [2.05, 4.69) is 22.9 Å². The summed E-state index contributed by atoms with van der Waals surface area (Å²) in [6.45, 7) is 2.58. The topological polar surface area (TPSA) is 60.9 Å². The van der Waals surface area contributed by atoms with Crippen molar-refractivity contribution in [3.05, 3.63) is 69.7 Å². The second-order valence-electron chi connectivity index (χ2n) is 7.69. The molecule has 0 radical (unpaired) electrons. The van der Waals surface area contributed by atoms with Crippen LogP contribution in [-0.4, -0.2) is 42.3 Å². The molecule has 0 aromatic heterocycles. The lowest BCUT2D eigenvalue weighted by Crippen LogP contribution is -2.30. The number of benzene rings is 2. The van der Waals surface area contributed by atoms with Crippen molar-refractivity contribution < 1.29 is 14.7 Å². The molecular weight excluding hydrogens is 444 g/mol. The minimum absolute atomic E-state index is 0.138. The lowest BCUT2D eigenvalue weighted by Gasteiger charge is -2.26. The first-order chi connectivity index (χ1) is 14.3. The molecule has 158 valence electrons. The first-order valence-corrected chi connectivity index (χ1v) is 11.0.